The summed E-state index contributed by atoms with van der Waals surface area (Å²) in [4.78, 5) is 12.3. The molecule has 1 amide bonds. The molecule has 0 atom stereocenters. The quantitative estimate of drug-likeness (QED) is 0.431. The highest BCUT2D eigenvalue weighted by atomic mass is 16.2. The number of rotatable bonds is 1. The van der Waals surface area contributed by atoms with E-state index in [1.807, 2.05) is 11.8 Å². The molecular weight excluding hydrogens is 90.1 g/mol. The molecule has 0 saturated carbocycles. The monoisotopic (exact) mass is 99.1 g/mol. The number of carbonyl (C=O) groups is 1. The molecule has 0 aliphatic carbocycles. The maximum atomic E-state index is 10.5. The smallest absolute Gasteiger partial charge is 0.222 e. The van der Waals surface area contributed by atoms with E-state index in [1.165, 1.54) is 0 Å². The Bertz CT molecular complexity index is 86.1. The van der Waals surface area contributed by atoms with E-state index in [4.69, 9.17) is 0 Å². The third kappa shape index (κ3) is 0.918. The molecule has 1 fully saturated rings. The summed E-state index contributed by atoms with van der Waals surface area (Å²) in [6.45, 7) is 3.88. The normalized spacial score (nSPS) is 17.0. The molecule has 7 heavy (non-hydrogen) atoms. The Labute approximate surface area is 43.1 Å². The summed E-state index contributed by atoms with van der Waals surface area (Å²) in [5.41, 5.74) is 0. The van der Waals surface area contributed by atoms with E-state index in [0.29, 0.717) is 12.3 Å². The van der Waals surface area contributed by atoms with Crippen LogP contribution in [0.15, 0.2) is 0 Å². The first-order valence-electron chi connectivity index (χ1n) is 2.62. The van der Waals surface area contributed by atoms with Gasteiger partial charge in [0, 0.05) is 19.5 Å². The lowest BCUT2D eigenvalue weighted by atomic mass is 10.5. The average molecular weight is 99.1 g/mol. The summed E-state index contributed by atoms with van der Waals surface area (Å²) >= 11 is 0. The first kappa shape index (κ1) is 4.62. The summed E-state index contributed by atoms with van der Waals surface area (Å²) < 4.78 is 0. The zero-order chi connectivity index (χ0) is 5.28. The van der Waals surface area contributed by atoms with Crippen LogP contribution >= 0.6 is 0 Å². The van der Waals surface area contributed by atoms with Crippen molar-refractivity contribution in [3.63, 3.8) is 0 Å². The third-order valence-corrected chi connectivity index (χ3v) is 1.10. The molecule has 1 heterocycles. The second-order valence-electron chi connectivity index (χ2n) is 1.73. The molecule has 0 radical (unpaired) electrons. The molecule has 1 aliphatic rings. The molecule has 1 saturated heterocycles. The fourth-order valence-electron chi connectivity index (χ4n) is 0.523. The van der Waals surface area contributed by atoms with Crippen molar-refractivity contribution < 1.29 is 4.79 Å². The van der Waals surface area contributed by atoms with E-state index in [9.17, 15) is 4.79 Å². The molecule has 0 aromatic heterocycles. The van der Waals surface area contributed by atoms with Gasteiger partial charge < -0.3 is 4.90 Å². The van der Waals surface area contributed by atoms with Crippen molar-refractivity contribution in [1.29, 1.82) is 0 Å². The van der Waals surface area contributed by atoms with Gasteiger partial charge in [0.25, 0.3) is 0 Å². The largest absolute Gasteiger partial charge is 0.339 e. The van der Waals surface area contributed by atoms with Crippen molar-refractivity contribution >= 4 is 5.91 Å². The Morgan fingerprint density at radius 2 is 2.29 bits per heavy atom. The van der Waals surface area contributed by atoms with Crippen LogP contribution in [0.1, 0.15) is 13.3 Å². The number of nitrogens with zero attached hydrogens (tertiary/aromatic N) is 1. The van der Waals surface area contributed by atoms with Gasteiger partial charge in [-0.3, -0.25) is 4.79 Å². The first-order chi connectivity index (χ1) is 3.34. The van der Waals surface area contributed by atoms with Crippen LogP contribution in [0.4, 0.5) is 0 Å². The van der Waals surface area contributed by atoms with E-state index in [0.717, 1.165) is 13.1 Å². The topological polar surface area (TPSA) is 20.1 Å². The zero-order valence-corrected chi connectivity index (χ0v) is 4.48. The molecule has 0 bridgehead atoms. The van der Waals surface area contributed by atoms with Crippen LogP contribution < -0.4 is 0 Å². The van der Waals surface area contributed by atoms with E-state index >= 15 is 0 Å². The minimum absolute atomic E-state index is 0.292. The average Bonchev–Trinajstić information content (AvgIpc) is 2.44. The zero-order valence-electron chi connectivity index (χ0n) is 4.48. The summed E-state index contributed by atoms with van der Waals surface area (Å²) in [7, 11) is 0. The van der Waals surface area contributed by atoms with Gasteiger partial charge in [0.1, 0.15) is 0 Å². The lowest BCUT2D eigenvalue weighted by molar-refractivity contribution is -0.125. The first-order valence-corrected chi connectivity index (χ1v) is 2.62. The van der Waals surface area contributed by atoms with Crippen molar-refractivity contribution in [2.75, 3.05) is 13.1 Å². The highest BCUT2D eigenvalue weighted by molar-refractivity contribution is 5.77. The van der Waals surface area contributed by atoms with Crippen molar-refractivity contribution in [3.05, 3.63) is 0 Å². The Balaban J connectivity index is 2.24. The Hall–Kier alpha value is -0.530. The molecule has 2 heteroatoms. The number of amides is 1. The van der Waals surface area contributed by atoms with Crippen LogP contribution in [-0.4, -0.2) is 23.9 Å². The lowest BCUT2D eigenvalue weighted by Crippen LogP contribution is -2.06. The highest BCUT2D eigenvalue weighted by Gasteiger charge is 2.21. The Morgan fingerprint density at radius 1 is 1.71 bits per heavy atom. The molecule has 40 valence electrons. The molecule has 2 nitrogen and oxygen atoms in total. The predicted molar refractivity (Wildman–Crippen MR) is 26.9 cm³/mol. The van der Waals surface area contributed by atoms with Crippen molar-refractivity contribution in [2.24, 2.45) is 0 Å². The van der Waals surface area contributed by atoms with Gasteiger partial charge in [0.2, 0.25) is 5.91 Å². The van der Waals surface area contributed by atoms with Crippen molar-refractivity contribution in [2.45, 2.75) is 13.3 Å². The van der Waals surface area contributed by atoms with Crippen LogP contribution in [0.5, 0.6) is 0 Å². The van der Waals surface area contributed by atoms with Gasteiger partial charge >= 0.3 is 0 Å². The molecule has 0 N–H and O–H groups in total. The van der Waals surface area contributed by atoms with Gasteiger partial charge in [-0.25, -0.2) is 0 Å². The molecule has 0 spiro atoms. The van der Waals surface area contributed by atoms with Crippen molar-refractivity contribution in [1.82, 2.24) is 4.90 Å². The van der Waals surface area contributed by atoms with Crippen LogP contribution in [0.25, 0.3) is 0 Å². The maximum Gasteiger partial charge on any atom is 0.222 e. The fraction of sp³-hybridized carbons (Fsp3) is 0.800. The Morgan fingerprint density at radius 3 is 2.43 bits per heavy atom. The van der Waals surface area contributed by atoms with E-state index in [1.54, 1.807) is 0 Å². The molecule has 0 aromatic rings. The second-order valence-corrected chi connectivity index (χ2v) is 1.73. The van der Waals surface area contributed by atoms with Crippen LogP contribution in [0.2, 0.25) is 0 Å². The summed E-state index contributed by atoms with van der Waals surface area (Å²) in [5.74, 6) is 0.292. The molecular formula is C5H9NO. The predicted octanol–water partition coefficient (Wildman–Crippen LogP) is 0.239. The van der Waals surface area contributed by atoms with Gasteiger partial charge in [0.05, 0.1) is 0 Å². The molecule has 0 aromatic carbocycles. The lowest BCUT2D eigenvalue weighted by Gasteiger charge is -1.91. The number of carbonyl (C=O) groups excluding carboxylic acids is 1. The minimum atomic E-state index is 0.292. The van der Waals surface area contributed by atoms with Crippen LogP contribution in [0.3, 0.4) is 0 Å². The van der Waals surface area contributed by atoms with Gasteiger partial charge in [-0.2, -0.15) is 0 Å². The number of hydrogen-bond acceptors (Lipinski definition) is 1. The van der Waals surface area contributed by atoms with Gasteiger partial charge in [-0.1, -0.05) is 6.92 Å². The highest BCUT2D eigenvalue weighted by Crippen LogP contribution is 2.04. The number of hydrogen-bond donors (Lipinski definition) is 0. The van der Waals surface area contributed by atoms with Gasteiger partial charge in [-0.15, -0.1) is 0 Å². The summed E-state index contributed by atoms with van der Waals surface area (Å²) in [5, 5.41) is 0. The van der Waals surface area contributed by atoms with E-state index in [-0.39, 0.29) is 0 Å². The minimum Gasteiger partial charge on any atom is -0.339 e. The van der Waals surface area contributed by atoms with E-state index < -0.39 is 0 Å². The Kier molecular flexibility index (Phi) is 1.01. The van der Waals surface area contributed by atoms with E-state index in [2.05, 4.69) is 0 Å². The van der Waals surface area contributed by atoms with Crippen LogP contribution in [-0.2, 0) is 4.79 Å². The summed E-state index contributed by atoms with van der Waals surface area (Å²) in [6.07, 6.45) is 0.667. The van der Waals surface area contributed by atoms with Crippen molar-refractivity contribution in [3.8, 4) is 0 Å². The maximum absolute atomic E-state index is 10.5. The standard InChI is InChI=1S/C5H9NO/c1-2-5(7)6-3-4-6/h2-4H2,1H3. The van der Waals surface area contributed by atoms with Gasteiger partial charge in [0.15, 0.2) is 0 Å². The SMILES string of the molecule is CCC(=O)N1CC1. The second kappa shape index (κ2) is 1.52. The molecule has 1 rings (SSSR count). The van der Waals surface area contributed by atoms with Gasteiger partial charge in [-0.05, 0) is 0 Å². The summed E-state index contributed by atoms with van der Waals surface area (Å²) in [6, 6.07) is 0. The third-order valence-electron chi connectivity index (χ3n) is 1.10. The molecule has 1 aliphatic heterocycles. The fourth-order valence-corrected chi connectivity index (χ4v) is 0.523. The molecule has 0 unspecified atom stereocenters. The van der Waals surface area contributed by atoms with Crippen LogP contribution in [0, 0.1) is 0 Å².